The van der Waals surface area contributed by atoms with Gasteiger partial charge in [-0.1, -0.05) is 37.3 Å². The van der Waals surface area contributed by atoms with E-state index in [2.05, 4.69) is 61.1 Å². The van der Waals surface area contributed by atoms with Crippen LogP contribution in [-0.4, -0.2) is 22.9 Å². The van der Waals surface area contributed by atoms with Gasteiger partial charge in [-0.3, -0.25) is 4.68 Å². The van der Waals surface area contributed by atoms with Gasteiger partial charge in [-0.2, -0.15) is 5.10 Å². The van der Waals surface area contributed by atoms with Gasteiger partial charge < -0.3 is 5.32 Å². The topological polar surface area (TPSA) is 29.9 Å². The van der Waals surface area contributed by atoms with Crippen LogP contribution in [-0.2, 0) is 19.4 Å². The Hall–Kier alpha value is -1.61. The third-order valence-electron chi connectivity index (χ3n) is 3.97. The van der Waals surface area contributed by atoms with E-state index in [0.717, 1.165) is 32.5 Å². The highest BCUT2D eigenvalue weighted by molar-refractivity contribution is 5.25. The Balaban J connectivity index is 1.94. The lowest BCUT2D eigenvalue weighted by Gasteiger charge is -2.06. The zero-order chi connectivity index (χ0) is 15.1. The van der Waals surface area contributed by atoms with Crippen molar-refractivity contribution in [1.82, 2.24) is 15.1 Å². The van der Waals surface area contributed by atoms with Crippen LogP contribution >= 0.6 is 0 Å². The smallest absolute Gasteiger partial charge is 0.0628 e. The Morgan fingerprint density at radius 2 is 1.81 bits per heavy atom. The normalized spacial score (nSPS) is 11.0. The molecule has 0 atom stereocenters. The van der Waals surface area contributed by atoms with Crippen molar-refractivity contribution in [2.24, 2.45) is 0 Å². The first-order chi connectivity index (χ1) is 10.2. The molecule has 0 spiro atoms. The number of aryl methyl sites for hydroxylation is 3. The van der Waals surface area contributed by atoms with Gasteiger partial charge in [-0.15, -0.1) is 0 Å². The van der Waals surface area contributed by atoms with Gasteiger partial charge in [0.15, 0.2) is 0 Å². The van der Waals surface area contributed by atoms with Crippen LogP contribution in [0.1, 0.15) is 35.9 Å². The summed E-state index contributed by atoms with van der Waals surface area (Å²) in [5, 5.41) is 8.18. The molecular weight excluding hydrogens is 258 g/mol. The van der Waals surface area contributed by atoms with E-state index in [4.69, 9.17) is 5.10 Å². The summed E-state index contributed by atoms with van der Waals surface area (Å²) < 4.78 is 2.16. The average molecular weight is 285 g/mol. The number of hydrogen-bond donors (Lipinski definition) is 1. The van der Waals surface area contributed by atoms with Gasteiger partial charge in [0.05, 0.1) is 5.69 Å². The van der Waals surface area contributed by atoms with E-state index in [1.807, 2.05) is 0 Å². The lowest BCUT2D eigenvalue weighted by molar-refractivity contribution is 0.592. The molecule has 1 N–H and O–H groups in total. The highest BCUT2D eigenvalue weighted by atomic mass is 15.3. The molecule has 21 heavy (non-hydrogen) atoms. The Bertz CT molecular complexity index is 543. The van der Waals surface area contributed by atoms with E-state index < -0.39 is 0 Å². The Labute approximate surface area is 128 Å². The molecule has 3 heteroatoms. The summed E-state index contributed by atoms with van der Waals surface area (Å²) in [7, 11) is 0. The van der Waals surface area contributed by atoms with Gasteiger partial charge in [0.1, 0.15) is 0 Å². The minimum atomic E-state index is 0.957. The molecular formula is C18H27N3. The van der Waals surface area contributed by atoms with E-state index in [0.29, 0.717) is 0 Å². The van der Waals surface area contributed by atoms with Gasteiger partial charge in [-0.25, -0.2) is 0 Å². The molecule has 0 aliphatic rings. The summed E-state index contributed by atoms with van der Waals surface area (Å²) in [5.74, 6) is 0. The molecule has 2 rings (SSSR count). The second-order valence-corrected chi connectivity index (χ2v) is 5.61. The van der Waals surface area contributed by atoms with Crippen molar-refractivity contribution < 1.29 is 0 Å². The third-order valence-corrected chi connectivity index (χ3v) is 3.97. The molecule has 0 amide bonds. The molecule has 1 aromatic carbocycles. The van der Waals surface area contributed by atoms with Crippen LogP contribution in [0.4, 0.5) is 0 Å². The number of rotatable bonds is 8. The van der Waals surface area contributed by atoms with E-state index in [9.17, 15) is 0 Å². The van der Waals surface area contributed by atoms with Crippen molar-refractivity contribution in [3.05, 3.63) is 52.8 Å². The van der Waals surface area contributed by atoms with Crippen LogP contribution < -0.4 is 5.32 Å². The molecule has 0 aliphatic carbocycles. The molecule has 3 nitrogen and oxygen atoms in total. The molecule has 0 radical (unpaired) electrons. The van der Waals surface area contributed by atoms with E-state index in [1.165, 1.54) is 28.9 Å². The molecule has 1 aromatic heterocycles. The maximum atomic E-state index is 4.71. The second kappa shape index (κ2) is 7.99. The predicted molar refractivity (Wildman–Crippen MR) is 88.7 cm³/mol. The lowest BCUT2D eigenvalue weighted by Crippen LogP contribution is -2.18. The highest BCUT2D eigenvalue weighted by Crippen LogP contribution is 2.14. The molecule has 0 fully saturated rings. The highest BCUT2D eigenvalue weighted by Gasteiger charge is 2.10. The van der Waals surface area contributed by atoms with Crippen molar-refractivity contribution in [2.75, 3.05) is 13.1 Å². The summed E-state index contributed by atoms with van der Waals surface area (Å²) in [6.45, 7) is 9.62. The number of nitrogens with one attached hydrogen (secondary N) is 1. The zero-order valence-electron chi connectivity index (χ0n) is 13.5. The molecule has 1 heterocycles. The predicted octanol–water partition coefficient (Wildman–Crippen LogP) is 3.28. The van der Waals surface area contributed by atoms with Crippen molar-refractivity contribution in [3.8, 4) is 0 Å². The summed E-state index contributed by atoms with van der Waals surface area (Å²) in [6, 6.07) is 10.6. The molecule has 114 valence electrons. The van der Waals surface area contributed by atoms with Gasteiger partial charge in [0, 0.05) is 12.2 Å². The summed E-state index contributed by atoms with van der Waals surface area (Å²) >= 11 is 0. The molecule has 0 aliphatic heterocycles. The molecule has 0 saturated heterocycles. The van der Waals surface area contributed by atoms with E-state index in [-0.39, 0.29) is 0 Å². The van der Waals surface area contributed by atoms with E-state index in [1.54, 1.807) is 0 Å². The van der Waals surface area contributed by atoms with Crippen LogP contribution in [0.3, 0.4) is 0 Å². The van der Waals surface area contributed by atoms with Gasteiger partial charge >= 0.3 is 0 Å². The minimum Gasteiger partial charge on any atom is -0.316 e. The number of benzene rings is 1. The quantitative estimate of drug-likeness (QED) is 0.754. The Morgan fingerprint density at radius 1 is 1.05 bits per heavy atom. The largest absolute Gasteiger partial charge is 0.316 e. The lowest BCUT2D eigenvalue weighted by atomic mass is 10.1. The van der Waals surface area contributed by atoms with E-state index >= 15 is 0 Å². The molecule has 2 aromatic rings. The number of hydrogen-bond acceptors (Lipinski definition) is 2. The fourth-order valence-electron chi connectivity index (χ4n) is 2.71. The van der Waals surface area contributed by atoms with Crippen LogP contribution in [0.25, 0.3) is 0 Å². The second-order valence-electron chi connectivity index (χ2n) is 5.61. The third kappa shape index (κ3) is 4.43. The SMILES string of the molecule is CCCNCCc1c(C)nn(CCc2ccccc2)c1C. The fourth-order valence-corrected chi connectivity index (χ4v) is 2.71. The Kier molecular flexibility index (Phi) is 6.00. The summed E-state index contributed by atoms with van der Waals surface area (Å²) in [6.07, 6.45) is 3.30. The maximum absolute atomic E-state index is 4.71. The van der Waals surface area contributed by atoms with Crippen LogP contribution in [0.5, 0.6) is 0 Å². The van der Waals surface area contributed by atoms with Crippen molar-refractivity contribution >= 4 is 0 Å². The van der Waals surface area contributed by atoms with Crippen molar-refractivity contribution in [1.29, 1.82) is 0 Å². The number of aromatic nitrogens is 2. The minimum absolute atomic E-state index is 0.957. The van der Waals surface area contributed by atoms with Crippen LogP contribution in [0.2, 0.25) is 0 Å². The molecule has 0 unspecified atom stereocenters. The first kappa shape index (κ1) is 15.8. The van der Waals surface area contributed by atoms with Gasteiger partial charge in [-0.05, 0) is 57.3 Å². The van der Waals surface area contributed by atoms with Crippen LogP contribution in [0.15, 0.2) is 30.3 Å². The van der Waals surface area contributed by atoms with Crippen molar-refractivity contribution in [2.45, 2.75) is 46.6 Å². The molecule has 0 bridgehead atoms. The fraction of sp³-hybridized carbons (Fsp3) is 0.500. The van der Waals surface area contributed by atoms with Crippen LogP contribution in [0, 0.1) is 13.8 Å². The van der Waals surface area contributed by atoms with Gasteiger partial charge in [0.25, 0.3) is 0 Å². The first-order valence-corrected chi connectivity index (χ1v) is 8.00. The standard InChI is InChI=1S/C18H27N3/c1-4-12-19-13-10-18-15(2)20-21(16(18)3)14-11-17-8-6-5-7-9-17/h5-9,19H,4,10-14H2,1-3H3. The monoisotopic (exact) mass is 285 g/mol. The first-order valence-electron chi connectivity index (χ1n) is 8.00. The van der Waals surface area contributed by atoms with Crippen molar-refractivity contribution in [3.63, 3.8) is 0 Å². The zero-order valence-corrected chi connectivity index (χ0v) is 13.5. The summed E-state index contributed by atoms with van der Waals surface area (Å²) in [5.41, 5.74) is 5.28. The number of nitrogens with zero attached hydrogens (tertiary/aromatic N) is 2. The average Bonchev–Trinajstić information content (AvgIpc) is 2.77. The Morgan fingerprint density at radius 3 is 2.52 bits per heavy atom. The van der Waals surface area contributed by atoms with Gasteiger partial charge in [0.2, 0.25) is 0 Å². The summed E-state index contributed by atoms with van der Waals surface area (Å²) in [4.78, 5) is 0. The molecule has 0 saturated carbocycles. The maximum Gasteiger partial charge on any atom is 0.0628 e.